The van der Waals surface area contributed by atoms with Crippen LogP contribution in [0.15, 0.2) is 29.8 Å². The van der Waals surface area contributed by atoms with Crippen LogP contribution in [0.1, 0.15) is 10.6 Å². The summed E-state index contributed by atoms with van der Waals surface area (Å²) in [6.45, 7) is 2.89. The molecule has 0 aliphatic carbocycles. The Morgan fingerprint density at radius 1 is 1.35 bits per heavy atom. The van der Waals surface area contributed by atoms with E-state index in [9.17, 15) is 0 Å². The van der Waals surface area contributed by atoms with Crippen LogP contribution < -0.4 is 10.2 Å². The van der Waals surface area contributed by atoms with Crippen LogP contribution in [0.2, 0.25) is 0 Å². The van der Waals surface area contributed by atoms with Gasteiger partial charge in [-0.25, -0.2) is 4.98 Å². The molecule has 3 nitrogen and oxygen atoms in total. The van der Waals surface area contributed by atoms with E-state index in [-0.39, 0.29) is 0 Å². The fourth-order valence-corrected chi connectivity index (χ4v) is 2.29. The number of hydrogen-bond acceptors (Lipinski definition) is 4. The van der Waals surface area contributed by atoms with E-state index < -0.39 is 0 Å². The third-order valence-corrected chi connectivity index (χ3v) is 3.60. The molecule has 0 aliphatic heterocycles. The normalized spacial score (nSPS) is 10.3. The van der Waals surface area contributed by atoms with E-state index in [1.807, 2.05) is 26.5 Å². The molecule has 1 N–H and O–H groups in total. The molecule has 0 unspecified atom stereocenters. The number of thiazole rings is 1. The minimum Gasteiger partial charge on any atom is -0.380 e. The van der Waals surface area contributed by atoms with Crippen LogP contribution >= 0.6 is 11.3 Å². The summed E-state index contributed by atoms with van der Waals surface area (Å²) >= 11 is 1.70. The molecule has 1 heterocycles. The van der Waals surface area contributed by atoms with E-state index in [0.29, 0.717) is 0 Å². The van der Waals surface area contributed by atoms with Gasteiger partial charge in [0, 0.05) is 30.3 Å². The van der Waals surface area contributed by atoms with E-state index in [1.54, 1.807) is 11.3 Å². The largest absolute Gasteiger partial charge is 0.380 e. The number of aromatic nitrogens is 1. The Hall–Kier alpha value is -1.55. The lowest BCUT2D eigenvalue weighted by molar-refractivity contribution is 1.11. The van der Waals surface area contributed by atoms with Crippen molar-refractivity contribution in [2.45, 2.75) is 13.5 Å². The van der Waals surface area contributed by atoms with Gasteiger partial charge in [0.25, 0.3) is 0 Å². The third kappa shape index (κ3) is 2.97. The highest BCUT2D eigenvalue weighted by Crippen LogP contribution is 2.19. The predicted octanol–water partition coefficient (Wildman–Crippen LogP) is 3.13. The Balaban J connectivity index is 2.04. The van der Waals surface area contributed by atoms with Crippen LogP contribution in [-0.2, 0) is 6.54 Å². The molecule has 2 aromatic rings. The molecule has 0 saturated heterocycles. The molecule has 4 heteroatoms. The van der Waals surface area contributed by atoms with Gasteiger partial charge < -0.3 is 10.2 Å². The topological polar surface area (TPSA) is 28.2 Å². The molecule has 1 aromatic heterocycles. The van der Waals surface area contributed by atoms with Crippen LogP contribution in [0.5, 0.6) is 0 Å². The second-order valence-electron chi connectivity index (χ2n) is 4.16. The summed E-state index contributed by atoms with van der Waals surface area (Å²) in [6.07, 6.45) is 0. The van der Waals surface area contributed by atoms with Gasteiger partial charge in [0.2, 0.25) is 0 Å². The van der Waals surface area contributed by atoms with E-state index in [4.69, 9.17) is 0 Å². The number of anilines is 2. The van der Waals surface area contributed by atoms with Gasteiger partial charge in [-0.05, 0) is 25.1 Å². The van der Waals surface area contributed by atoms with Crippen LogP contribution in [0.4, 0.5) is 11.4 Å². The Labute approximate surface area is 106 Å². The van der Waals surface area contributed by atoms with E-state index in [1.165, 1.54) is 10.6 Å². The maximum atomic E-state index is 4.24. The number of aryl methyl sites for hydroxylation is 1. The molecular weight excluding hydrogens is 230 g/mol. The highest BCUT2D eigenvalue weighted by atomic mass is 32.1. The molecule has 0 bridgehead atoms. The summed E-state index contributed by atoms with van der Waals surface area (Å²) in [7, 11) is 4.10. The minimum atomic E-state index is 0.841. The molecule has 90 valence electrons. The zero-order valence-electron chi connectivity index (χ0n) is 10.4. The lowest BCUT2D eigenvalue weighted by Crippen LogP contribution is -2.09. The van der Waals surface area contributed by atoms with Gasteiger partial charge in [0.05, 0.1) is 17.7 Å². The fraction of sp³-hybridized carbons (Fsp3) is 0.308. The number of hydrogen-bond donors (Lipinski definition) is 1. The van der Waals surface area contributed by atoms with E-state index >= 15 is 0 Å². The minimum absolute atomic E-state index is 0.841. The van der Waals surface area contributed by atoms with Crippen LogP contribution in [0, 0.1) is 6.92 Å². The van der Waals surface area contributed by atoms with Crippen molar-refractivity contribution in [2.24, 2.45) is 0 Å². The van der Waals surface area contributed by atoms with E-state index in [0.717, 1.165) is 17.9 Å². The van der Waals surface area contributed by atoms with Crippen molar-refractivity contribution in [2.75, 3.05) is 24.3 Å². The van der Waals surface area contributed by atoms with Crippen molar-refractivity contribution in [3.63, 3.8) is 0 Å². The molecule has 1 aromatic carbocycles. The molecular formula is C13H17N3S. The molecule has 0 radical (unpaired) electrons. The lowest BCUT2D eigenvalue weighted by atomic mass is 10.2. The SMILES string of the molecule is Cc1ncsc1CNc1cccc(N(C)C)c1. The van der Waals surface area contributed by atoms with Gasteiger partial charge in [-0.3, -0.25) is 0 Å². The Bertz CT molecular complexity index is 491. The number of nitrogens with one attached hydrogen (secondary N) is 1. The molecule has 0 fully saturated rings. The van der Waals surface area contributed by atoms with Gasteiger partial charge in [-0.15, -0.1) is 11.3 Å². The van der Waals surface area contributed by atoms with Gasteiger partial charge in [-0.1, -0.05) is 6.07 Å². The third-order valence-electron chi connectivity index (χ3n) is 2.66. The summed E-state index contributed by atoms with van der Waals surface area (Å²) in [4.78, 5) is 7.64. The van der Waals surface area contributed by atoms with Crippen LogP contribution in [-0.4, -0.2) is 19.1 Å². The molecule has 0 saturated carbocycles. The Kier molecular flexibility index (Phi) is 3.64. The Morgan fingerprint density at radius 3 is 2.82 bits per heavy atom. The molecule has 0 aliphatic rings. The predicted molar refractivity (Wildman–Crippen MR) is 74.9 cm³/mol. The van der Waals surface area contributed by atoms with Gasteiger partial charge in [-0.2, -0.15) is 0 Å². The van der Waals surface area contributed by atoms with Crippen molar-refractivity contribution >= 4 is 22.7 Å². The standard InChI is InChI=1S/C13H17N3S/c1-10-13(17-9-15-10)8-14-11-5-4-6-12(7-11)16(2)3/h4-7,9,14H,8H2,1-3H3. The van der Waals surface area contributed by atoms with Gasteiger partial charge >= 0.3 is 0 Å². The molecule has 17 heavy (non-hydrogen) atoms. The van der Waals surface area contributed by atoms with Gasteiger partial charge in [0.1, 0.15) is 0 Å². The zero-order valence-corrected chi connectivity index (χ0v) is 11.2. The molecule has 2 rings (SSSR count). The lowest BCUT2D eigenvalue weighted by Gasteiger charge is -2.14. The molecule has 0 amide bonds. The van der Waals surface area contributed by atoms with Crippen molar-refractivity contribution in [3.05, 3.63) is 40.3 Å². The first-order chi connectivity index (χ1) is 8.16. The fourth-order valence-electron chi connectivity index (χ4n) is 1.57. The monoisotopic (exact) mass is 247 g/mol. The number of nitrogens with zero attached hydrogens (tertiary/aromatic N) is 2. The average Bonchev–Trinajstić information content (AvgIpc) is 2.72. The summed E-state index contributed by atoms with van der Waals surface area (Å²) in [5.41, 5.74) is 5.36. The maximum absolute atomic E-state index is 4.24. The summed E-state index contributed by atoms with van der Waals surface area (Å²) in [5.74, 6) is 0. The summed E-state index contributed by atoms with van der Waals surface area (Å²) < 4.78 is 0. The molecule has 0 atom stereocenters. The summed E-state index contributed by atoms with van der Waals surface area (Å²) in [5, 5.41) is 3.43. The maximum Gasteiger partial charge on any atom is 0.0798 e. The average molecular weight is 247 g/mol. The highest BCUT2D eigenvalue weighted by Gasteiger charge is 2.02. The quantitative estimate of drug-likeness (QED) is 0.899. The highest BCUT2D eigenvalue weighted by molar-refractivity contribution is 7.09. The van der Waals surface area contributed by atoms with Crippen LogP contribution in [0.3, 0.4) is 0 Å². The second-order valence-corrected chi connectivity index (χ2v) is 5.10. The summed E-state index contributed by atoms with van der Waals surface area (Å²) in [6, 6.07) is 8.40. The first kappa shape index (κ1) is 11.9. The second kappa shape index (κ2) is 5.19. The van der Waals surface area contributed by atoms with Crippen molar-refractivity contribution in [1.29, 1.82) is 0 Å². The Morgan fingerprint density at radius 2 is 2.18 bits per heavy atom. The number of rotatable bonds is 4. The number of benzene rings is 1. The van der Waals surface area contributed by atoms with Crippen molar-refractivity contribution in [1.82, 2.24) is 4.98 Å². The zero-order chi connectivity index (χ0) is 12.3. The van der Waals surface area contributed by atoms with Gasteiger partial charge in [0.15, 0.2) is 0 Å². The van der Waals surface area contributed by atoms with Crippen molar-refractivity contribution < 1.29 is 0 Å². The first-order valence-electron chi connectivity index (χ1n) is 5.57. The molecule has 0 spiro atoms. The van der Waals surface area contributed by atoms with Crippen molar-refractivity contribution in [3.8, 4) is 0 Å². The van der Waals surface area contributed by atoms with E-state index in [2.05, 4.69) is 39.5 Å². The van der Waals surface area contributed by atoms with Crippen LogP contribution in [0.25, 0.3) is 0 Å². The first-order valence-corrected chi connectivity index (χ1v) is 6.45. The smallest absolute Gasteiger partial charge is 0.0798 e.